The molecule has 0 N–H and O–H groups in total. The van der Waals surface area contributed by atoms with Crippen molar-refractivity contribution in [3.05, 3.63) is 36.9 Å². The molecule has 0 spiro atoms. The number of nitrogens with zero attached hydrogens (tertiary/aromatic N) is 4. The second kappa shape index (κ2) is 4.04. The summed E-state index contributed by atoms with van der Waals surface area (Å²) in [5.74, 6) is 0.711. The quantitative estimate of drug-likeness (QED) is 0.738. The van der Waals surface area contributed by atoms with Crippen LogP contribution in [0.1, 0.15) is 0 Å². The number of hydrogen-bond acceptors (Lipinski definition) is 4. The summed E-state index contributed by atoms with van der Waals surface area (Å²) in [6.07, 6.45) is 7.16. The molecule has 0 amide bonds. The number of anilines is 1. The summed E-state index contributed by atoms with van der Waals surface area (Å²) in [6, 6.07) is 3.89. The van der Waals surface area contributed by atoms with Crippen LogP contribution < -0.4 is 4.90 Å². The van der Waals surface area contributed by atoms with Crippen molar-refractivity contribution in [2.24, 2.45) is 0 Å². The molecule has 0 radical (unpaired) electrons. The maximum absolute atomic E-state index is 4.24. The molecule has 0 aliphatic rings. The molecule has 0 atom stereocenters. The van der Waals surface area contributed by atoms with Gasteiger partial charge >= 0.3 is 0 Å². The van der Waals surface area contributed by atoms with Gasteiger partial charge in [-0.1, -0.05) is 6.07 Å². The summed E-state index contributed by atoms with van der Waals surface area (Å²) in [6.45, 7) is 0. The Morgan fingerprint density at radius 2 is 1.73 bits per heavy atom. The van der Waals surface area contributed by atoms with Crippen molar-refractivity contribution in [3.8, 4) is 11.1 Å². The Kier molecular flexibility index (Phi) is 2.58. The van der Waals surface area contributed by atoms with Gasteiger partial charge in [-0.3, -0.25) is 4.98 Å². The molecule has 2 aromatic heterocycles. The minimum atomic E-state index is 0.711. The lowest BCUT2D eigenvalue weighted by molar-refractivity contribution is 1.000. The predicted molar refractivity (Wildman–Crippen MR) is 59.6 cm³/mol. The summed E-state index contributed by atoms with van der Waals surface area (Å²) in [5.41, 5.74) is 2.01. The zero-order chi connectivity index (χ0) is 10.7. The van der Waals surface area contributed by atoms with Gasteiger partial charge in [-0.2, -0.15) is 0 Å². The van der Waals surface area contributed by atoms with Crippen LogP contribution >= 0.6 is 0 Å². The molecule has 4 heteroatoms. The Balaban J connectivity index is 2.32. The van der Waals surface area contributed by atoms with Gasteiger partial charge in [0.05, 0.1) is 0 Å². The van der Waals surface area contributed by atoms with Crippen LogP contribution in [0.25, 0.3) is 11.1 Å². The lowest BCUT2D eigenvalue weighted by Gasteiger charge is -2.09. The third-order valence-electron chi connectivity index (χ3n) is 2.03. The average molecular weight is 200 g/mol. The van der Waals surface area contributed by atoms with Gasteiger partial charge in [0.25, 0.3) is 0 Å². The fraction of sp³-hybridized carbons (Fsp3) is 0.182. The van der Waals surface area contributed by atoms with Crippen molar-refractivity contribution >= 4 is 5.95 Å². The van der Waals surface area contributed by atoms with Gasteiger partial charge in [0.15, 0.2) is 0 Å². The molecule has 15 heavy (non-hydrogen) atoms. The van der Waals surface area contributed by atoms with Crippen LogP contribution in [0.15, 0.2) is 36.9 Å². The standard InChI is InChI=1S/C11H12N4/c1-15(2)11-13-7-10(8-14-11)9-4-3-5-12-6-9/h3-8H,1-2H3. The third-order valence-corrected chi connectivity index (χ3v) is 2.03. The average Bonchev–Trinajstić information content (AvgIpc) is 2.30. The SMILES string of the molecule is CN(C)c1ncc(-c2cccnc2)cn1. The monoisotopic (exact) mass is 200 g/mol. The van der Waals surface area contributed by atoms with E-state index >= 15 is 0 Å². The zero-order valence-electron chi connectivity index (χ0n) is 8.75. The first-order chi connectivity index (χ1) is 7.27. The molecule has 2 rings (SSSR count). The lowest BCUT2D eigenvalue weighted by atomic mass is 10.2. The molecule has 4 nitrogen and oxygen atoms in total. The highest BCUT2D eigenvalue weighted by atomic mass is 15.2. The van der Waals surface area contributed by atoms with Gasteiger partial charge < -0.3 is 4.90 Å². The van der Waals surface area contributed by atoms with Crippen LogP contribution in [-0.2, 0) is 0 Å². The smallest absolute Gasteiger partial charge is 0.224 e. The molecule has 0 saturated carbocycles. The first-order valence-electron chi connectivity index (χ1n) is 4.67. The second-order valence-electron chi connectivity index (χ2n) is 3.41. The second-order valence-corrected chi connectivity index (χ2v) is 3.41. The van der Waals surface area contributed by atoms with Crippen LogP contribution in [0.4, 0.5) is 5.95 Å². The Morgan fingerprint density at radius 3 is 2.27 bits per heavy atom. The van der Waals surface area contributed by atoms with E-state index in [1.165, 1.54) is 0 Å². The maximum atomic E-state index is 4.24. The van der Waals surface area contributed by atoms with Gasteiger partial charge in [-0.25, -0.2) is 9.97 Å². The fourth-order valence-corrected chi connectivity index (χ4v) is 1.23. The Hall–Kier alpha value is -1.97. The van der Waals surface area contributed by atoms with Crippen LogP contribution in [0.3, 0.4) is 0 Å². The molecular formula is C11H12N4. The van der Waals surface area contributed by atoms with E-state index in [0.717, 1.165) is 11.1 Å². The van der Waals surface area contributed by atoms with Crippen molar-refractivity contribution in [2.75, 3.05) is 19.0 Å². The van der Waals surface area contributed by atoms with E-state index in [1.807, 2.05) is 31.1 Å². The summed E-state index contributed by atoms with van der Waals surface area (Å²) < 4.78 is 0. The molecule has 0 aliphatic carbocycles. The Labute approximate surface area is 88.6 Å². The topological polar surface area (TPSA) is 41.9 Å². The Bertz CT molecular complexity index is 422. The molecule has 0 fully saturated rings. The van der Waals surface area contributed by atoms with Gasteiger partial charge in [0.1, 0.15) is 0 Å². The molecule has 0 aliphatic heterocycles. The van der Waals surface area contributed by atoms with Crippen LogP contribution in [0.2, 0.25) is 0 Å². The van der Waals surface area contributed by atoms with E-state index in [-0.39, 0.29) is 0 Å². The molecule has 0 unspecified atom stereocenters. The van der Waals surface area contributed by atoms with E-state index in [9.17, 15) is 0 Å². The minimum Gasteiger partial charge on any atom is -0.347 e. The highest BCUT2D eigenvalue weighted by molar-refractivity contribution is 5.60. The summed E-state index contributed by atoms with van der Waals surface area (Å²) in [5, 5.41) is 0. The zero-order valence-corrected chi connectivity index (χ0v) is 8.75. The van der Waals surface area contributed by atoms with Crippen molar-refractivity contribution in [2.45, 2.75) is 0 Å². The van der Waals surface area contributed by atoms with E-state index in [4.69, 9.17) is 0 Å². The molecule has 0 saturated heterocycles. The van der Waals surface area contributed by atoms with Crippen LogP contribution in [0.5, 0.6) is 0 Å². The highest BCUT2D eigenvalue weighted by Crippen LogP contribution is 2.16. The maximum Gasteiger partial charge on any atom is 0.224 e. The van der Waals surface area contributed by atoms with Gasteiger partial charge in [0, 0.05) is 50.0 Å². The van der Waals surface area contributed by atoms with Gasteiger partial charge in [-0.15, -0.1) is 0 Å². The van der Waals surface area contributed by atoms with Crippen molar-refractivity contribution in [3.63, 3.8) is 0 Å². The number of rotatable bonds is 2. The molecular weight excluding hydrogens is 188 g/mol. The lowest BCUT2D eigenvalue weighted by Crippen LogP contribution is -2.12. The molecule has 2 aromatic rings. The summed E-state index contributed by atoms with van der Waals surface area (Å²) in [4.78, 5) is 14.4. The van der Waals surface area contributed by atoms with Crippen molar-refractivity contribution in [1.29, 1.82) is 0 Å². The van der Waals surface area contributed by atoms with Crippen molar-refractivity contribution in [1.82, 2.24) is 15.0 Å². The van der Waals surface area contributed by atoms with E-state index in [0.29, 0.717) is 5.95 Å². The number of hydrogen-bond donors (Lipinski definition) is 0. The van der Waals surface area contributed by atoms with Crippen molar-refractivity contribution < 1.29 is 0 Å². The highest BCUT2D eigenvalue weighted by Gasteiger charge is 2.00. The van der Waals surface area contributed by atoms with E-state index in [1.54, 1.807) is 24.8 Å². The Morgan fingerprint density at radius 1 is 1.00 bits per heavy atom. The molecule has 76 valence electrons. The van der Waals surface area contributed by atoms with Crippen LogP contribution in [-0.4, -0.2) is 29.0 Å². The minimum absolute atomic E-state index is 0.711. The third kappa shape index (κ3) is 2.10. The summed E-state index contributed by atoms with van der Waals surface area (Å²) >= 11 is 0. The van der Waals surface area contributed by atoms with Gasteiger partial charge in [-0.05, 0) is 6.07 Å². The largest absolute Gasteiger partial charge is 0.347 e. The first kappa shape index (κ1) is 9.58. The molecule has 0 aromatic carbocycles. The molecule has 0 bridgehead atoms. The number of aromatic nitrogens is 3. The van der Waals surface area contributed by atoms with E-state index in [2.05, 4.69) is 15.0 Å². The molecule has 2 heterocycles. The predicted octanol–water partition coefficient (Wildman–Crippen LogP) is 1.60. The first-order valence-corrected chi connectivity index (χ1v) is 4.67. The number of pyridine rings is 1. The summed E-state index contributed by atoms with van der Waals surface area (Å²) in [7, 11) is 3.83. The fourth-order valence-electron chi connectivity index (χ4n) is 1.23. The van der Waals surface area contributed by atoms with E-state index < -0.39 is 0 Å². The van der Waals surface area contributed by atoms with Gasteiger partial charge in [0.2, 0.25) is 5.95 Å². The normalized spacial score (nSPS) is 10.0. The van der Waals surface area contributed by atoms with Crippen LogP contribution in [0, 0.1) is 0 Å².